The number of rotatable bonds is 4. The molecule has 0 spiro atoms. The van der Waals surface area contributed by atoms with Crippen molar-refractivity contribution in [2.75, 3.05) is 6.35 Å². The Morgan fingerprint density at radius 3 is 2.65 bits per heavy atom. The van der Waals surface area contributed by atoms with E-state index in [4.69, 9.17) is 14.5 Å². The number of nitrogens with one attached hydrogen (secondary N) is 2. The minimum absolute atomic E-state index is 0.0637. The van der Waals surface area contributed by atoms with E-state index in [1.165, 1.54) is 12.4 Å². The van der Waals surface area contributed by atoms with Gasteiger partial charge in [0.2, 0.25) is 5.88 Å². The van der Waals surface area contributed by atoms with Crippen LogP contribution in [0, 0.1) is 0 Å². The third-order valence-corrected chi connectivity index (χ3v) is 2.70. The quantitative estimate of drug-likeness (QED) is 0.564. The van der Waals surface area contributed by atoms with Gasteiger partial charge in [0, 0.05) is 18.0 Å². The third kappa shape index (κ3) is 3.41. The van der Waals surface area contributed by atoms with Crippen molar-refractivity contribution in [3.05, 3.63) is 45.4 Å². The van der Waals surface area contributed by atoms with Gasteiger partial charge in [-0.2, -0.15) is 0 Å². The molecule has 0 radical (unpaired) electrons. The fraction of sp³-hybridized carbons (Fsp3) is 0.100. The second-order valence-corrected chi connectivity index (χ2v) is 5.38. The molecule has 106 valence electrons. The normalized spacial score (nSPS) is 11.3. The number of nitrogens with zero attached hydrogens (tertiary/aromatic N) is 1. The van der Waals surface area contributed by atoms with E-state index < -0.39 is 25.2 Å². The summed E-state index contributed by atoms with van der Waals surface area (Å²) in [5.74, 6) is -0.324. The lowest BCUT2D eigenvalue weighted by atomic mass is 10.1. The van der Waals surface area contributed by atoms with Crippen molar-refractivity contribution in [1.29, 1.82) is 0 Å². The van der Waals surface area contributed by atoms with Gasteiger partial charge in [0.25, 0.3) is 5.56 Å². The van der Waals surface area contributed by atoms with Gasteiger partial charge in [-0.3, -0.25) is 24.3 Å². The van der Waals surface area contributed by atoms with Crippen molar-refractivity contribution in [2.24, 2.45) is 0 Å². The van der Waals surface area contributed by atoms with E-state index in [1.807, 2.05) is 4.98 Å². The molecule has 9 nitrogen and oxygen atoms in total. The number of pyridine rings is 1. The number of hydrogen-bond acceptors (Lipinski definition) is 5. The molecule has 0 aliphatic heterocycles. The van der Waals surface area contributed by atoms with Crippen LogP contribution in [0.2, 0.25) is 0 Å². The Labute approximate surface area is 111 Å². The van der Waals surface area contributed by atoms with Crippen LogP contribution >= 0.6 is 7.60 Å². The molecule has 0 fully saturated rings. The molecule has 0 bridgehead atoms. The fourth-order valence-electron chi connectivity index (χ4n) is 1.50. The Balaban J connectivity index is 2.53. The first kappa shape index (κ1) is 14.2. The number of aromatic amines is 2. The molecular formula is C10H10N3O6P. The summed E-state index contributed by atoms with van der Waals surface area (Å²) >= 11 is 0. The summed E-state index contributed by atoms with van der Waals surface area (Å²) in [5.41, 5.74) is -1.32. The lowest BCUT2D eigenvalue weighted by Gasteiger charge is -2.10. The lowest BCUT2D eigenvalue weighted by molar-refractivity contribution is 0.294. The van der Waals surface area contributed by atoms with Crippen molar-refractivity contribution in [3.8, 4) is 17.0 Å². The monoisotopic (exact) mass is 299 g/mol. The zero-order valence-electron chi connectivity index (χ0n) is 9.94. The predicted molar refractivity (Wildman–Crippen MR) is 68.5 cm³/mol. The largest absolute Gasteiger partial charge is 0.465 e. The van der Waals surface area contributed by atoms with Gasteiger partial charge in [-0.1, -0.05) is 6.07 Å². The standard InChI is InChI=1S/C10H10N3O6P/c14-8-7(6-2-1-3-11-4-6)9(13-10(15)12-8)19-5-20(16,17)18/h1-4H,5H2,(H2,16,17,18)(H2,12,13,14,15). The first-order valence-electron chi connectivity index (χ1n) is 5.31. The summed E-state index contributed by atoms with van der Waals surface area (Å²) in [4.78, 5) is 48.6. The highest BCUT2D eigenvalue weighted by Crippen LogP contribution is 2.35. The topological polar surface area (TPSA) is 145 Å². The van der Waals surface area contributed by atoms with Crippen LogP contribution < -0.4 is 16.0 Å². The molecule has 2 aromatic heterocycles. The highest BCUT2D eigenvalue weighted by Gasteiger charge is 2.18. The van der Waals surface area contributed by atoms with Crippen LogP contribution in [-0.4, -0.2) is 31.1 Å². The predicted octanol–water partition coefficient (Wildman–Crippen LogP) is -0.361. The third-order valence-electron chi connectivity index (χ3n) is 2.24. The van der Waals surface area contributed by atoms with Crippen LogP contribution in [0.25, 0.3) is 11.1 Å². The van der Waals surface area contributed by atoms with E-state index >= 15 is 0 Å². The highest BCUT2D eigenvalue weighted by atomic mass is 31.2. The SMILES string of the molecule is O=c1[nH]c(OCP(=O)(O)O)c(-c2cccnc2)c(=O)[nH]1. The van der Waals surface area contributed by atoms with E-state index in [0.29, 0.717) is 5.56 Å². The van der Waals surface area contributed by atoms with E-state index in [0.717, 1.165) is 0 Å². The molecule has 0 unspecified atom stereocenters. The molecular weight excluding hydrogens is 289 g/mol. The van der Waals surface area contributed by atoms with Crippen molar-refractivity contribution in [1.82, 2.24) is 15.0 Å². The molecule has 0 saturated carbocycles. The smallest absolute Gasteiger partial charge is 0.362 e. The molecule has 2 rings (SSSR count). The van der Waals surface area contributed by atoms with Crippen molar-refractivity contribution in [3.63, 3.8) is 0 Å². The Bertz CT molecular complexity index is 763. The maximum Gasteiger partial charge on any atom is 0.362 e. The van der Waals surface area contributed by atoms with Crippen molar-refractivity contribution < 1.29 is 19.1 Å². The number of H-pyrrole nitrogens is 2. The molecule has 0 atom stereocenters. The van der Waals surface area contributed by atoms with Gasteiger partial charge in [0.05, 0.1) is 0 Å². The highest BCUT2D eigenvalue weighted by molar-refractivity contribution is 7.51. The van der Waals surface area contributed by atoms with Crippen molar-refractivity contribution >= 4 is 7.60 Å². The van der Waals surface area contributed by atoms with Crippen LogP contribution in [0.5, 0.6) is 5.88 Å². The molecule has 10 heteroatoms. The average molecular weight is 299 g/mol. The van der Waals surface area contributed by atoms with E-state index in [-0.39, 0.29) is 11.4 Å². The van der Waals surface area contributed by atoms with Crippen molar-refractivity contribution in [2.45, 2.75) is 0 Å². The molecule has 20 heavy (non-hydrogen) atoms. The molecule has 2 heterocycles. The molecule has 4 N–H and O–H groups in total. The summed E-state index contributed by atoms with van der Waals surface area (Å²) in [6.45, 7) is 0. The van der Waals surface area contributed by atoms with Gasteiger partial charge in [0.1, 0.15) is 5.56 Å². The fourth-order valence-corrected chi connectivity index (χ4v) is 1.79. The molecule has 0 amide bonds. The maximum atomic E-state index is 11.8. The van der Waals surface area contributed by atoms with E-state index in [1.54, 1.807) is 12.1 Å². The lowest BCUT2D eigenvalue weighted by Crippen LogP contribution is -2.25. The second-order valence-electron chi connectivity index (χ2n) is 3.79. The van der Waals surface area contributed by atoms with Gasteiger partial charge in [0.15, 0.2) is 6.35 Å². The number of aromatic nitrogens is 3. The summed E-state index contributed by atoms with van der Waals surface area (Å²) in [6.07, 6.45) is 1.88. The van der Waals surface area contributed by atoms with Crippen LogP contribution in [0.1, 0.15) is 0 Å². The van der Waals surface area contributed by atoms with Gasteiger partial charge in [-0.05, 0) is 6.07 Å². The Kier molecular flexibility index (Phi) is 3.84. The first-order chi connectivity index (χ1) is 9.37. The van der Waals surface area contributed by atoms with Crippen LogP contribution in [0.3, 0.4) is 0 Å². The molecule has 0 saturated heterocycles. The summed E-state index contributed by atoms with van der Waals surface area (Å²) in [6, 6.07) is 3.10. The van der Waals surface area contributed by atoms with Crippen LogP contribution in [0.15, 0.2) is 34.1 Å². The zero-order chi connectivity index (χ0) is 14.8. The summed E-state index contributed by atoms with van der Waals surface area (Å²) in [7, 11) is -4.44. The van der Waals surface area contributed by atoms with Gasteiger partial charge in [-0.25, -0.2) is 4.79 Å². The molecule has 2 aromatic rings. The summed E-state index contributed by atoms with van der Waals surface area (Å²) < 4.78 is 15.7. The number of ether oxygens (including phenoxy) is 1. The zero-order valence-corrected chi connectivity index (χ0v) is 10.8. The minimum Gasteiger partial charge on any atom is -0.465 e. The van der Waals surface area contributed by atoms with Crippen LogP contribution in [-0.2, 0) is 4.57 Å². The summed E-state index contributed by atoms with van der Waals surface area (Å²) in [5, 5.41) is 0. The first-order valence-corrected chi connectivity index (χ1v) is 7.11. The molecule has 0 aliphatic carbocycles. The van der Waals surface area contributed by atoms with Gasteiger partial charge in [-0.15, -0.1) is 0 Å². The van der Waals surface area contributed by atoms with Gasteiger partial charge < -0.3 is 14.5 Å². The Morgan fingerprint density at radius 2 is 2.05 bits per heavy atom. The molecule has 0 aliphatic rings. The van der Waals surface area contributed by atoms with Gasteiger partial charge >= 0.3 is 13.3 Å². The maximum absolute atomic E-state index is 11.8. The van der Waals surface area contributed by atoms with E-state index in [2.05, 4.69) is 9.97 Å². The molecule has 0 aromatic carbocycles. The minimum atomic E-state index is -4.44. The van der Waals surface area contributed by atoms with Crippen LogP contribution in [0.4, 0.5) is 0 Å². The van der Waals surface area contributed by atoms with E-state index in [9.17, 15) is 14.2 Å². The Morgan fingerprint density at radius 1 is 1.30 bits per heavy atom. The second kappa shape index (κ2) is 5.41. The average Bonchev–Trinajstić information content (AvgIpc) is 2.36. The Hall–Kier alpha value is -2.22. The number of hydrogen-bond donors (Lipinski definition) is 4.